The lowest BCUT2D eigenvalue weighted by Crippen LogP contribution is -2.45. The lowest BCUT2D eigenvalue weighted by atomic mass is 9.95. The predicted octanol–water partition coefficient (Wildman–Crippen LogP) is 2.38. The summed E-state index contributed by atoms with van der Waals surface area (Å²) < 4.78 is 29.8. The van der Waals surface area contributed by atoms with Gasteiger partial charge in [-0.1, -0.05) is 13.8 Å². The average Bonchev–Trinajstić information content (AvgIpc) is 3.12. The molecule has 0 saturated carbocycles. The lowest BCUT2D eigenvalue weighted by Gasteiger charge is -2.33. The fourth-order valence-electron chi connectivity index (χ4n) is 3.39. The van der Waals surface area contributed by atoms with Crippen LogP contribution in [0.25, 0.3) is 5.69 Å². The molecular formula is C18H27N5O2S. The molecule has 3 rings (SSSR count). The molecule has 2 aromatic heterocycles. The van der Waals surface area contributed by atoms with Crippen molar-refractivity contribution < 1.29 is 8.42 Å². The van der Waals surface area contributed by atoms with Crippen molar-refractivity contribution in [3.63, 3.8) is 0 Å². The van der Waals surface area contributed by atoms with Crippen LogP contribution in [0, 0.1) is 0 Å². The van der Waals surface area contributed by atoms with Crippen molar-refractivity contribution in [2.75, 3.05) is 27.2 Å². The Kier molecular flexibility index (Phi) is 5.45. The van der Waals surface area contributed by atoms with Gasteiger partial charge in [0.05, 0.1) is 5.69 Å². The van der Waals surface area contributed by atoms with E-state index in [0.29, 0.717) is 19.0 Å². The van der Waals surface area contributed by atoms with Gasteiger partial charge in [0.1, 0.15) is 5.82 Å². The maximum atomic E-state index is 12.5. The van der Waals surface area contributed by atoms with Crippen molar-refractivity contribution in [1.29, 1.82) is 0 Å². The molecule has 0 bridgehead atoms. The van der Waals surface area contributed by atoms with Gasteiger partial charge in [0.25, 0.3) is 10.2 Å². The molecule has 1 aliphatic heterocycles. The second kappa shape index (κ2) is 7.46. The normalized spacial score (nSPS) is 19.4. The largest absolute Gasteiger partial charge is 0.303 e. The highest BCUT2D eigenvalue weighted by Crippen LogP contribution is 2.29. The Balaban J connectivity index is 1.87. The number of imidazole rings is 1. The molecule has 1 fully saturated rings. The van der Waals surface area contributed by atoms with Crippen LogP contribution < -0.4 is 0 Å². The monoisotopic (exact) mass is 377 g/mol. The fourth-order valence-corrected chi connectivity index (χ4v) is 4.58. The number of piperidine rings is 1. The Hall–Kier alpha value is -1.77. The number of pyridine rings is 1. The number of rotatable bonds is 5. The van der Waals surface area contributed by atoms with Gasteiger partial charge in [0.2, 0.25) is 0 Å². The molecule has 3 heterocycles. The number of hydrogen-bond donors (Lipinski definition) is 0. The van der Waals surface area contributed by atoms with Gasteiger partial charge in [-0.2, -0.15) is 17.0 Å². The van der Waals surface area contributed by atoms with Crippen LogP contribution in [0.15, 0.2) is 30.7 Å². The van der Waals surface area contributed by atoms with Crippen LogP contribution >= 0.6 is 0 Å². The molecule has 1 saturated heterocycles. The topological polar surface area (TPSA) is 71.3 Å². The molecule has 142 valence electrons. The minimum absolute atomic E-state index is 0.101. The summed E-state index contributed by atoms with van der Waals surface area (Å²) in [5.74, 6) is 1.42. The van der Waals surface area contributed by atoms with Gasteiger partial charge in [-0.05, 0) is 25.0 Å². The van der Waals surface area contributed by atoms with Gasteiger partial charge >= 0.3 is 0 Å². The molecular weight excluding hydrogens is 350 g/mol. The zero-order valence-corrected chi connectivity index (χ0v) is 16.6. The molecule has 0 unspecified atom stereocenters. The number of nitrogens with zero attached hydrogens (tertiary/aromatic N) is 5. The maximum Gasteiger partial charge on any atom is 0.281 e. The zero-order chi connectivity index (χ0) is 18.9. The fraction of sp³-hybridized carbons (Fsp3) is 0.556. The lowest BCUT2D eigenvalue weighted by molar-refractivity contribution is 0.296. The summed E-state index contributed by atoms with van der Waals surface area (Å²) in [5.41, 5.74) is 1.95. The molecule has 8 heteroatoms. The zero-order valence-electron chi connectivity index (χ0n) is 15.8. The Morgan fingerprint density at radius 3 is 2.69 bits per heavy atom. The minimum Gasteiger partial charge on any atom is -0.303 e. The molecule has 7 nitrogen and oxygen atoms in total. The van der Waals surface area contributed by atoms with E-state index in [-0.39, 0.29) is 5.92 Å². The van der Waals surface area contributed by atoms with E-state index in [1.165, 1.54) is 4.31 Å². The first kappa shape index (κ1) is 19.0. The molecule has 1 aliphatic rings. The Morgan fingerprint density at radius 1 is 1.23 bits per heavy atom. The minimum atomic E-state index is -3.39. The van der Waals surface area contributed by atoms with Crippen LogP contribution in [-0.2, 0) is 10.2 Å². The molecule has 0 aromatic carbocycles. The highest BCUT2D eigenvalue weighted by Gasteiger charge is 2.31. The van der Waals surface area contributed by atoms with Gasteiger partial charge in [0, 0.05) is 63.3 Å². The highest BCUT2D eigenvalue weighted by molar-refractivity contribution is 7.86. The SMILES string of the molecule is CC(C)c1nccn1-c1ccnc([C@@H]2CCCN(S(=O)(=O)N(C)C)C2)c1. The second-order valence-corrected chi connectivity index (χ2v) is 9.38. The smallest absolute Gasteiger partial charge is 0.281 e. The van der Waals surface area contributed by atoms with Crippen molar-refractivity contribution in [1.82, 2.24) is 23.1 Å². The van der Waals surface area contributed by atoms with E-state index < -0.39 is 10.2 Å². The number of aromatic nitrogens is 3. The van der Waals surface area contributed by atoms with Crippen LogP contribution in [0.1, 0.15) is 50.0 Å². The summed E-state index contributed by atoms with van der Waals surface area (Å²) in [5, 5.41) is 0. The van der Waals surface area contributed by atoms with Crippen molar-refractivity contribution in [3.05, 3.63) is 42.2 Å². The van der Waals surface area contributed by atoms with E-state index >= 15 is 0 Å². The van der Waals surface area contributed by atoms with E-state index in [4.69, 9.17) is 0 Å². The first-order chi connectivity index (χ1) is 12.3. The Bertz CT molecular complexity index is 860. The average molecular weight is 378 g/mol. The summed E-state index contributed by atoms with van der Waals surface area (Å²) in [7, 11) is -0.241. The van der Waals surface area contributed by atoms with Gasteiger partial charge in [-0.3, -0.25) is 4.98 Å². The number of hydrogen-bond acceptors (Lipinski definition) is 4. The van der Waals surface area contributed by atoms with E-state index in [1.54, 1.807) is 30.8 Å². The molecule has 2 aromatic rings. The summed E-state index contributed by atoms with van der Waals surface area (Å²) >= 11 is 0. The van der Waals surface area contributed by atoms with Crippen LogP contribution in [0.3, 0.4) is 0 Å². The van der Waals surface area contributed by atoms with Crippen LogP contribution in [0.2, 0.25) is 0 Å². The van der Waals surface area contributed by atoms with Crippen molar-refractivity contribution in [3.8, 4) is 5.69 Å². The predicted molar refractivity (Wildman–Crippen MR) is 102 cm³/mol. The third-order valence-corrected chi connectivity index (χ3v) is 6.73. The van der Waals surface area contributed by atoms with Gasteiger partial charge in [-0.15, -0.1) is 0 Å². The molecule has 0 radical (unpaired) electrons. The summed E-state index contributed by atoms with van der Waals surface area (Å²) in [6.07, 6.45) is 7.34. The summed E-state index contributed by atoms with van der Waals surface area (Å²) in [4.78, 5) is 8.99. The third kappa shape index (κ3) is 3.67. The molecule has 0 amide bonds. The second-order valence-electron chi connectivity index (χ2n) is 7.24. The van der Waals surface area contributed by atoms with Crippen LogP contribution in [0.5, 0.6) is 0 Å². The van der Waals surface area contributed by atoms with E-state index in [9.17, 15) is 8.42 Å². The van der Waals surface area contributed by atoms with Gasteiger partial charge in [-0.25, -0.2) is 4.98 Å². The molecule has 0 aliphatic carbocycles. The van der Waals surface area contributed by atoms with Crippen LogP contribution in [0.4, 0.5) is 0 Å². The van der Waals surface area contributed by atoms with Gasteiger partial charge in [0.15, 0.2) is 0 Å². The first-order valence-electron chi connectivity index (χ1n) is 8.98. The third-order valence-electron chi connectivity index (χ3n) is 4.82. The molecule has 0 spiro atoms. The van der Waals surface area contributed by atoms with Crippen molar-refractivity contribution >= 4 is 10.2 Å². The Labute approximate surface area is 155 Å². The standard InChI is InChI=1S/C18H27N5O2S/c1-14(2)18-20-9-11-23(18)16-7-8-19-17(12-16)15-6-5-10-22(13-15)26(24,25)21(3)4/h7-9,11-12,14-15H,5-6,10,13H2,1-4H3/t15-/m1/s1. The van der Waals surface area contributed by atoms with Crippen molar-refractivity contribution in [2.24, 2.45) is 0 Å². The van der Waals surface area contributed by atoms with Gasteiger partial charge < -0.3 is 4.57 Å². The summed E-state index contributed by atoms with van der Waals surface area (Å²) in [6, 6.07) is 4.03. The maximum absolute atomic E-state index is 12.5. The Morgan fingerprint density at radius 2 is 2.00 bits per heavy atom. The first-order valence-corrected chi connectivity index (χ1v) is 10.4. The molecule has 1 atom stereocenters. The van der Waals surface area contributed by atoms with Crippen LogP contribution in [-0.4, -0.2) is 58.7 Å². The van der Waals surface area contributed by atoms with E-state index in [2.05, 4.69) is 34.4 Å². The quantitative estimate of drug-likeness (QED) is 0.802. The summed E-state index contributed by atoms with van der Waals surface area (Å²) in [6.45, 7) is 5.27. The molecule has 26 heavy (non-hydrogen) atoms. The van der Waals surface area contributed by atoms with Crippen molar-refractivity contribution in [2.45, 2.75) is 38.5 Å². The molecule has 0 N–H and O–H groups in total. The van der Waals surface area contributed by atoms with E-state index in [0.717, 1.165) is 30.0 Å². The highest BCUT2D eigenvalue weighted by atomic mass is 32.2. The van der Waals surface area contributed by atoms with E-state index in [1.807, 2.05) is 12.3 Å².